The van der Waals surface area contributed by atoms with E-state index >= 15 is 0 Å². The van der Waals surface area contributed by atoms with Crippen LogP contribution in [0.4, 0.5) is 11.4 Å². The fourth-order valence-electron chi connectivity index (χ4n) is 2.27. The van der Waals surface area contributed by atoms with Gasteiger partial charge in [-0.15, -0.1) is 0 Å². The molecule has 2 amide bonds. The summed E-state index contributed by atoms with van der Waals surface area (Å²) in [7, 11) is 1.90. The molecule has 0 atom stereocenters. The van der Waals surface area contributed by atoms with Gasteiger partial charge >= 0.3 is 0 Å². The summed E-state index contributed by atoms with van der Waals surface area (Å²) in [6.07, 6.45) is 0. The topological polar surface area (TPSA) is 61.4 Å². The van der Waals surface area contributed by atoms with E-state index in [0.29, 0.717) is 24.5 Å². The summed E-state index contributed by atoms with van der Waals surface area (Å²) in [4.78, 5) is 25.1. The number of likely N-dealkylation sites (N-methyl/N-ethyl adjacent to an activating group) is 1. The second-order valence-corrected chi connectivity index (χ2v) is 5.47. The molecule has 0 spiro atoms. The molecule has 2 rings (SSSR count). The van der Waals surface area contributed by atoms with E-state index in [1.165, 1.54) is 6.92 Å². The number of hydrogen-bond acceptors (Lipinski definition) is 3. The van der Waals surface area contributed by atoms with E-state index in [2.05, 4.69) is 10.6 Å². The number of nitrogens with zero attached hydrogens (tertiary/aromatic N) is 1. The van der Waals surface area contributed by atoms with Crippen molar-refractivity contribution in [1.82, 2.24) is 4.90 Å². The Morgan fingerprint density at radius 1 is 0.957 bits per heavy atom. The molecule has 5 nitrogen and oxygen atoms in total. The van der Waals surface area contributed by atoms with Crippen molar-refractivity contribution < 1.29 is 9.59 Å². The molecule has 0 bridgehead atoms. The largest absolute Gasteiger partial charge is 0.326 e. The molecule has 23 heavy (non-hydrogen) atoms. The van der Waals surface area contributed by atoms with Crippen molar-refractivity contribution in [3.8, 4) is 0 Å². The highest BCUT2D eigenvalue weighted by Gasteiger charge is 2.08. The first-order chi connectivity index (χ1) is 11.0. The van der Waals surface area contributed by atoms with Gasteiger partial charge in [-0.1, -0.05) is 36.4 Å². The number of benzene rings is 2. The lowest BCUT2D eigenvalue weighted by atomic mass is 10.2. The summed E-state index contributed by atoms with van der Waals surface area (Å²) in [5.74, 6) is -0.237. The highest BCUT2D eigenvalue weighted by atomic mass is 16.2. The minimum Gasteiger partial charge on any atom is -0.326 e. The molecule has 0 unspecified atom stereocenters. The van der Waals surface area contributed by atoms with Gasteiger partial charge < -0.3 is 10.6 Å². The molecule has 0 aliphatic carbocycles. The van der Waals surface area contributed by atoms with Crippen molar-refractivity contribution >= 4 is 23.2 Å². The van der Waals surface area contributed by atoms with Gasteiger partial charge in [-0.05, 0) is 30.8 Å². The Morgan fingerprint density at radius 2 is 1.61 bits per heavy atom. The lowest BCUT2D eigenvalue weighted by molar-refractivity contribution is -0.117. The third kappa shape index (κ3) is 5.92. The second-order valence-electron chi connectivity index (χ2n) is 5.47. The van der Waals surface area contributed by atoms with Crippen LogP contribution in [0.25, 0.3) is 0 Å². The predicted molar refractivity (Wildman–Crippen MR) is 92.2 cm³/mol. The molecule has 120 valence electrons. The van der Waals surface area contributed by atoms with Gasteiger partial charge in [-0.3, -0.25) is 14.5 Å². The standard InChI is InChI=1S/C18H21N3O2/c1-14(22)19-16-9-6-10-17(11-16)20-18(23)13-21(2)12-15-7-4-3-5-8-15/h3-11H,12-13H2,1-2H3,(H,19,22)(H,20,23). The van der Waals surface area contributed by atoms with Crippen LogP contribution in [0.3, 0.4) is 0 Å². The highest BCUT2D eigenvalue weighted by Crippen LogP contribution is 2.15. The van der Waals surface area contributed by atoms with Crippen LogP contribution in [0.5, 0.6) is 0 Å². The summed E-state index contributed by atoms with van der Waals surface area (Å²) >= 11 is 0. The van der Waals surface area contributed by atoms with E-state index in [0.717, 1.165) is 5.56 Å². The maximum Gasteiger partial charge on any atom is 0.238 e. The summed E-state index contributed by atoms with van der Waals surface area (Å²) in [6.45, 7) is 2.45. The summed E-state index contributed by atoms with van der Waals surface area (Å²) < 4.78 is 0. The van der Waals surface area contributed by atoms with E-state index < -0.39 is 0 Å². The zero-order valence-electron chi connectivity index (χ0n) is 13.4. The van der Waals surface area contributed by atoms with Crippen LogP contribution in [0.2, 0.25) is 0 Å². The van der Waals surface area contributed by atoms with Crippen LogP contribution in [-0.2, 0) is 16.1 Å². The Kier molecular flexibility index (Phi) is 5.88. The molecule has 0 radical (unpaired) electrons. The number of nitrogens with one attached hydrogen (secondary N) is 2. The molecule has 2 aromatic rings. The lowest BCUT2D eigenvalue weighted by Gasteiger charge is -2.16. The molecule has 0 aliphatic rings. The first kappa shape index (κ1) is 16.7. The Labute approximate surface area is 136 Å². The first-order valence-corrected chi connectivity index (χ1v) is 7.43. The van der Waals surface area contributed by atoms with Crippen LogP contribution >= 0.6 is 0 Å². The highest BCUT2D eigenvalue weighted by molar-refractivity contribution is 5.94. The average molecular weight is 311 g/mol. The van der Waals surface area contributed by atoms with Crippen molar-refractivity contribution in [2.75, 3.05) is 24.2 Å². The Bertz CT molecular complexity index is 671. The van der Waals surface area contributed by atoms with E-state index in [9.17, 15) is 9.59 Å². The Morgan fingerprint density at radius 3 is 2.26 bits per heavy atom. The molecule has 2 aromatic carbocycles. The van der Waals surface area contributed by atoms with E-state index in [4.69, 9.17) is 0 Å². The number of amides is 2. The van der Waals surface area contributed by atoms with Crippen LogP contribution < -0.4 is 10.6 Å². The fourth-order valence-corrected chi connectivity index (χ4v) is 2.27. The van der Waals surface area contributed by atoms with Gasteiger partial charge in [0, 0.05) is 24.8 Å². The van der Waals surface area contributed by atoms with Gasteiger partial charge in [-0.2, -0.15) is 0 Å². The summed E-state index contributed by atoms with van der Waals surface area (Å²) in [5.41, 5.74) is 2.48. The molecule has 0 saturated carbocycles. The number of rotatable bonds is 6. The number of carbonyl (C=O) groups is 2. The monoisotopic (exact) mass is 311 g/mol. The van der Waals surface area contributed by atoms with Crippen molar-refractivity contribution in [3.63, 3.8) is 0 Å². The molecule has 0 saturated heterocycles. The molecule has 2 N–H and O–H groups in total. The third-order valence-corrected chi connectivity index (χ3v) is 3.18. The van der Waals surface area contributed by atoms with Crippen LogP contribution in [-0.4, -0.2) is 30.3 Å². The summed E-state index contributed by atoms with van der Waals surface area (Å²) in [6, 6.07) is 17.1. The van der Waals surface area contributed by atoms with Gasteiger partial charge in [-0.25, -0.2) is 0 Å². The van der Waals surface area contributed by atoms with E-state index in [1.54, 1.807) is 24.3 Å². The third-order valence-electron chi connectivity index (χ3n) is 3.18. The minimum absolute atomic E-state index is 0.0941. The van der Waals surface area contributed by atoms with E-state index in [1.807, 2.05) is 42.3 Å². The van der Waals surface area contributed by atoms with Gasteiger partial charge in [0.15, 0.2) is 0 Å². The Balaban J connectivity index is 1.88. The van der Waals surface area contributed by atoms with Crippen molar-refractivity contribution in [1.29, 1.82) is 0 Å². The zero-order chi connectivity index (χ0) is 16.7. The zero-order valence-corrected chi connectivity index (χ0v) is 13.4. The molecule has 0 fully saturated rings. The smallest absolute Gasteiger partial charge is 0.238 e. The molecule has 0 aromatic heterocycles. The maximum atomic E-state index is 12.1. The van der Waals surface area contributed by atoms with Crippen molar-refractivity contribution in [2.24, 2.45) is 0 Å². The number of carbonyl (C=O) groups excluding carboxylic acids is 2. The predicted octanol–water partition coefficient (Wildman–Crippen LogP) is 2.72. The number of hydrogen-bond donors (Lipinski definition) is 2. The lowest BCUT2D eigenvalue weighted by Crippen LogP contribution is -2.29. The normalized spacial score (nSPS) is 10.4. The molecule has 0 heterocycles. The molecular weight excluding hydrogens is 290 g/mol. The first-order valence-electron chi connectivity index (χ1n) is 7.43. The van der Waals surface area contributed by atoms with Gasteiger partial charge in [0.2, 0.25) is 11.8 Å². The van der Waals surface area contributed by atoms with Crippen LogP contribution in [0.1, 0.15) is 12.5 Å². The Hall–Kier alpha value is -2.66. The van der Waals surface area contributed by atoms with Crippen LogP contribution in [0.15, 0.2) is 54.6 Å². The van der Waals surface area contributed by atoms with Gasteiger partial charge in [0.1, 0.15) is 0 Å². The molecule has 0 aliphatic heterocycles. The van der Waals surface area contributed by atoms with Crippen molar-refractivity contribution in [3.05, 3.63) is 60.2 Å². The SMILES string of the molecule is CC(=O)Nc1cccc(NC(=O)CN(C)Cc2ccccc2)c1. The summed E-state index contributed by atoms with van der Waals surface area (Å²) in [5, 5.41) is 5.53. The van der Waals surface area contributed by atoms with Crippen molar-refractivity contribution in [2.45, 2.75) is 13.5 Å². The van der Waals surface area contributed by atoms with Gasteiger partial charge in [0.05, 0.1) is 6.54 Å². The minimum atomic E-state index is -0.143. The molecular formula is C18H21N3O2. The number of anilines is 2. The van der Waals surface area contributed by atoms with E-state index in [-0.39, 0.29) is 11.8 Å². The fraction of sp³-hybridized carbons (Fsp3) is 0.222. The van der Waals surface area contributed by atoms with Crippen LogP contribution in [0, 0.1) is 0 Å². The quantitative estimate of drug-likeness (QED) is 0.862. The maximum absolute atomic E-state index is 12.1. The molecule has 5 heteroatoms. The van der Waals surface area contributed by atoms with Gasteiger partial charge in [0.25, 0.3) is 0 Å². The average Bonchev–Trinajstić information content (AvgIpc) is 2.47. The second kappa shape index (κ2) is 8.10.